The molecule has 0 radical (unpaired) electrons. The van der Waals surface area contributed by atoms with Crippen molar-refractivity contribution >= 4 is 18.4 Å². The molecule has 0 aliphatic heterocycles. The molecule has 0 saturated heterocycles. The van der Waals surface area contributed by atoms with Gasteiger partial charge in [-0.1, -0.05) is 29.8 Å². The molecule has 0 amide bonds. The SMILES string of the molecule is Cc1cc(C)c(/C=N\n2c(-c3cccc(F)c3)n[nH]c2=S)c(C)c1. The van der Waals surface area contributed by atoms with Crippen LogP contribution in [0.4, 0.5) is 4.39 Å². The van der Waals surface area contributed by atoms with Gasteiger partial charge in [0.2, 0.25) is 4.77 Å². The van der Waals surface area contributed by atoms with Crippen molar-refractivity contribution in [1.82, 2.24) is 14.9 Å². The molecular formula is C18H17FN4S. The second kappa shape index (κ2) is 6.49. The van der Waals surface area contributed by atoms with E-state index in [0.29, 0.717) is 16.2 Å². The molecule has 1 heterocycles. The largest absolute Gasteiger partial charge is 0.250 e. The summed E-state index contributed by atoms with van der Waals surface area (Å²) < 4.78 is 15.3. The van der Waals surface area contributed by atoms with E-state index in [1.165, 1.54) is 22.4 Å². The summed E-state index contributed by atoms with van der Waals surface area (Å²) in [5.41, 5.74) is 5.13. The van der Waals surface area contributed by atoms with Gasteiger partial charge in [-0.25, -0.2) is 9.49 Å². The minimum atomic E-state index is -0.331. The van der Waals surface area contributed by atoms with Crippen LogP contribution in [0.3, 0.4) is 0 Å². The summed E-state index contributed by atoms with van der Waals surface area (Å²) in [6.07, 6.45) is 1.76. The summed E-state index contributed by atoms with van der Waals surface area (Å²) in [6, 6.07) is 10.4. The number of benzene rings is 2. The van der Waals surface area contributed by atoms with Crippen LogP contribution >= 0.6 is 12.2 Å². The minimum absolute atomic E-state index is 0.331. The topological polar surface area (TPSA) is 46.0 Å². The highest BCUT2D eigenvalue weighted by molar-refractivity contribution is 7.71. The molecule has 3 rings (SSSR count). The molecule has 0 spiro atoms. The first-order chi connectivity index (χ1) is 11.5. The Kier molecular flexibility index (Phi) is 4.40. The molecule has 2 aromatic carbocycles. The maximum atomic E-state index is 13.5. The molecule has 0 atom stereocenters. The Bertz CT molecular complexity index is 962. The highest BCUT2D eigenvalue weighted by Gasteiger charge is 2.09. The van der Waals surface area contributed by atoms with E-state index in [1.807, 2.05) is 13.8 Å². The normalized spacial score (nSPS) is 11.3. The number of nitrogens with one attached hydrogen (secondary N) is 1. The van der Waals surface area contributed by atoms with E-state index in [0.717, 1.165) is 16.7 Å². The Morgan fingerprint density at radius 3 is 2.54 bits per heavy atom. The van der Waals surface area contributed by atoms with E-state index >= 15 is 0 Å². The van der Waals surface area contributed by atoms with E-state index in [9.17, 15) is 4.39 Å². The lowest BCUT2D eigenvalue weighted by Gasteiger charge is -2.07. The van der Waals surface area contributed by atoms with Crippen molar-refractivity contribution < 1.29 is 4.39 Å². The lowest BCUT2D eigenvalue weighted by Crippen LogP contribution is -1.98. The van der Waals surface area contributed by atoms with Crippen LogP contribution in [0.25, 0.3) is 11.4 Å². The zero-order chi connectivity index (χ0) is 17.3. The zero-order valence-corrected chi connectivity index (χ0v) is 14.5. The van der Waals surface area contributed by atoms with E-state index < -0.39 is 0 Å². The van der Waals surface area contributed by atoms with Crippen molar-refractivity contribution in [3.8, 4) is 11.4 Å². The molecule has 4 nitrogen and oxygen atoms in total. The van der Waals surface area contributed by atoms with Gasteiger partial charge in [0.15, 0.2) is 5.82 Å². The van der Waals surface area contributed by atoms with E-state index in [1.54, 1.807) is 18.3 Å². The van der Waals surface area contributed by atoms with Gasteiger partial charge in [0.05, 0.1) is 6.21 Å². The number of aromatic amines is 1. The van der Waals surface area contributed by atoms with Gasteiger partial charge in [0, 0.05) is 11.1 Å². The standard InChI is InChI=1S/C18H17FN4S/c1-11-7-12(2)16(13(3)8-11)10-20-23-17(21-22-18(23)24)14-5-4-6-15(19)9-14/h4-10H,1-3H3,(H,22,24)/b20-10-. The van der Waals surface area contributed by atoms with Gasteiger partial charge in [-0.3, -0.25) is 0 Å². The number of aryl methyl sites for hydroxylation is 3. The number of nitrogens with zero attached hydrogens (tertiary/aromatic N) is 3. The van der Waals surface area contributed by atoms with Gasteiger partial charge in [0.1, 0.15) is 5.82 Å². The lowest BCUT2D eigenvalue weighted by molar-refractivity contribution is 0.628. The molecule has 0 aliphatic rings. The van der Waals surface area contributed by atoms with Crippen molar-refractivity contribution in [3.05, 3.63) is 69.2 Å². The number of rotatable bonds is 3. The van der Waals surface area contributed by atoms with Crippen molar-refractivity contribution in [2.75, 3.05) is 0 Å². The van der Waals surface area contributed by atoms with Gasteiger partial charge < -0.3 is 0 Å². The number of hydrogen-bond acceptors (Lipinski definition) is 3. The molecule has 0 bridgehead atoms. The Morgan fingerprint density at radius 2 is 1.88 bits per heavy atom. The molecule has 6 heteroatoms. The molecule has 0 aliphatic carbocycles. The van der Waals surface area contributed by atoms with Crippen LogP contribution in [-0.4, -0.2) is 21.1 Å². The maximum Gasteiger partial charge on any atom is 0.216 e. The van der Waals surface area contributed by atoms with E-state index in [4.69, 9.17) is 12.2 Å². The predicted molar refractivity (Wildman–Crippen MR) is 96.5 cm³/mol. The van der Waals surface area contributed by atoms with Crippen LogP contribution in [0.2, 0.25) is 0 Å². The van der Waals surface area contributed by atoms with E-state index in [-0.39, 0.29) is 5.82 Å². The Balaban J connectivity index is 2.06. The van der Waals surface area contributed by atoms with Crippen LogP contribution in [-0.2, 0) is 0 Å². The quantitative estimate of drug-likeness (QED) is 0.561. The van der Waals surface area contributed by atoms with Crippen molar-refractivity contribution in [2.24, 2.45) is 5.10 Å². The number of hydrogen-bond donors (Lipinski definition) is 1. The molecule has 0 unspecified atom stereocenters. The summed E-state index contributed by atoms with van der Waals surface area (Å²) in [5, 5.41) is 11.3. The Hall–Kier alpha value is -2.60. The molecule has 0 fully saturated rings. The third-order valence-electron chi connectivity index (χ3n) is 3.77. The Morgan fingerprint density at radius 1 is 1.17 bits per heavy atom. The fourth-order valence-corrected chi connectivity index (χ4v) is 2.90. The molecular weight excluding hydrogens is 323 g/mol. The molecule has 1 N–H and O–H groups in total. The second-order valence-electron chi connectivity index (χ2n) is 5.73. The van der Waals surface area contributed by atoms with Crippen molar-refractivity contribution in [3.63, 3.8) is 0 Å². The number of halogens is 1. The fraction of sp³-hybridized carbons (Fsp3) is 0.167. The molecule has 122 valence electrons. The summed E-state index contributed by atoms with van der Waals surface area (Å²) in [4.78, 5) is 0. The summed E-state index contributed by atoms with van der Waals surface area (Å²) in [5.74, 6) is 0.139. The average Bonchev–Trinajstić information content (AvgIpc) is 2.87. The highest BCUT2D eigenvalue weighted by atomic mass is 32.1. The van der Waals surface area contributed by atoms with Crippen LogP contribution in [0.15, 0.2) is 41.5 Å². The molecule has 0 saturated carbocycles. The maximum absolute atomic E-state index is 13.5. The number of H-pyrrole nitrogens is 1. The van der Waals surface area contributed by atoms with Crippen molar-refractivity contribution in [1.29, 1.82) is 0 Å². The van der Waals surface area contributed by atoms with Crippen LogP contribution in [0, 0.1) is 31.4 Å². The van der Waals surface area contributed by atoms with Gasteiger partial charge in [-0.05, 0) is 56.2 Å². The van der Waals surface area contributed by atoms with Gasteiger partial charge in [-0.2, -0.15) is 14.9 Å². The fourth-order valence-electron chi connectivity index (χ4n) is 2.72. The number of aromatic nitrogens is 3. The summed E-state index contributed by atoms with van der Waals surface area (Å²) in [7, 11) is 0. The third kappa shape index (κ3) is 3.19. The second-order valence-corrected chi connectivity index (χ2v) is 6.12. The summed E-state index contributed by atoms with van der Waals surface area (Å²) in [6.45, 7) is 6.15. The van der Waals surface area contributed by atoms with Gasteiger partial charge in [0.25, 0.3) is 0 Å². The van der Waals surface area contributed by atoms with Crippen LogP contribution < -0.4 is 0 Å². The van der Waals surface area contributed by atoms with Gasteiger partial charge >= 0.3 is 0 Å². The van der Waals surface area contributed by atoms with Crippen LogP contribution in [0.5, 0.6) is 0 Å². The lowest BCUT2D eigenvalue weighted by atomic mass is 10.0. The first kappa shape index (κ1) is 16.3. The third-order valence-corrected chi connectivity index (χ3v) is 4.04. The van der Waals surface area contributed by atoms with E-state index in [2.05, 4.69) is 34.4 Å². The predicted octanol–water partition coefficient (Wildman–Crippen LogP) is 4.55. The monoisotopic (exact) mass is 340 g/mol. The molecule has 3 aromatic rings. The van der Waals surface area contributed by atoms with Crippen molar-refractivity contribution in [2.45, 2.75) is 20.8 Å². The smallest absolute Gasteiger partial charge is 0.216 e. The molecule has 24 heavy (non-hydrogen) atoms. The first-order valence-corrected chi connectivity index (χ1v) is 7.92. The summed E-state index contributed by atoms with van der Waals surface area (Å²) >= 11 is 5.24. The first-order valence-electron chi connectivity index (χ1n) is 7.51. The zero-order valence-electron chi connectivity index (χ0n) is 13.7. The Labute approximate surface area is 144 Å². The average molecular weight is 340 g/mol. The van der Waals surface area contributed by atoms with Crippen LogP contribution in [0.1, 0.15) is 22.3 Å². The minimum Gasteiger partial charge on any atom is -0.250 e. The molecule has 1 aromatic heterocycles. The highest BCUT2D eigenvalue weighted by Crippen LogP contribution is 2.19. The van der Waals surface area contributed by atoms with Gasteiger partial charge in [-0.15, -0.1) is 0 Å².